The van der Waals surface area contributed by atoms with E-state index in [1.165, 1.54) is 5.56 Å². The lowest BCUT2D eigenvalue weighted by Crippen LogP contribution is -2.12. The van der Waals surface area contributed by atoms with Gasteiger partial charge in [-0.3, -0.25) is 9.48 Å². The van der Waals surface area contributed by atoms with Gasteiger partial charge in [-0.05, 0) is 12.0 Å². The van der Waals surface area contributed by atoms with Gasteiger partial charge in [0.2, 0.25) is 0 Å². The number of nitrogens with zero attached hydrogens (tertiary/aromatic N) is 3. The van der Waals surface area contributed by atoms with Crippen molar-refractivity contribution < 1.29 is 4.79 Å². The van der Waals surface area contributed by atoms with Gasteiger partial charge in [0.15, 0.2) is 0 Å². The molecule has 2 aromatic rings. The molecule has 1 aromatic carbocycles. The summed E-state index contributed by atoms with van der Waals surface area (Å²) in [6, 6.07) is 12.0. The van der Waals surface area contributed by atoms with Crippen LogP contribution in [0.5, 0.6) is 0 Å². The van der Waals surface area contributed by atoms with Gasteiger partial charge >= 0.3 is 0 Å². The molecule has 0 spiro atoms. The molecular weight excluding hydrogens is 240 g/mol. The van der Waals surface area contributed by atoms with Crippen LogP contribution in [0.4, 0.5) is 0 Å². The van der Waals surface area contributed by atoms with Crippen molar-refractivity contribution in [1.82, 2.24) is 9.78 Å². The molecule has 2 rings (SSSR count). The zero-order chi connectivity index (χ0) is 13.7. The van der Waals surface area contributed by atoms with Gasteiger partial charge in [0.05, 0.1) is 23.7 Å². The van der Waals surface area contributed by atoms with Crippen LogP contribution in [0, 0.1) is 11.3 Å². The molecule has 0 aliphatic rings. The van der Waals surface area contributed by atoms with Gasteiger partial charge in [0.1, 0.15) is 0 Å². The van der Waals surface area contributed by atoms with E-state index in [1.54, 1.807) is 10.9 Å². The van der Waals surface area contributed by atoms with Crippen LogP contribution in [0.25, 0.3) is 0 Å². The molecule has 19 heavy (non-hydrogen) atoms. The minimum atomic E-state index is -0.545. The maximum Gasteiger partial charge on any atom is 0.252 e. The third-order valence-electron chi connectivity index (χ3n) is 2.82. The summed E-state index contributed by atoms with van der Waals surface area (Å²) < 4.78 is 1.67. The highest BCUT2D eigenvalue weighted by Gasteiger charge is 2.13. The first-order valence-corrected chi connectivity index (χ1v) is 5.97. The number of nitriles is 1. The topological polar surface area (TPSA) is 84.7 Å². The fourth-order valence-corrected chi connectivity index (χ4v) is 1.88. The van der Waals surface area contributed by atoms with E-state index >= 15 is 0 Å². The summed E-state index contributed by atoms with van der Waals surface area (Å²) in [5.41, 5.74) is 7.23. The van der Waals surface area contributed by atoms with E-state index in [4.69, 9.17) is 11.0 Å². The summed E-state index contributed by atoms with van der Waals surface area (Å²) in [7, 11) is 0. The van der Waals surface area contributed by atoms with Crippen LogP contribution in [-0.4, -0.2) is 15.7 Å². The first kappa shape index (κ1) is 12.8. The number of aryl methyl sites for hydroxylation is 2. The van der Waals surface area contributed by atoms with Gasteiger partial charge in [0, 0.05) is 12.7 Å². The molecule has 2 N–H and O–H groups in total. The lowest BCUT2D eigenvalue weighted by Gasteiger charge is -2.01. The number of aromatic nitrogens is 2. The van der Waals surface area contributed by atoms with Crippen LogP contribution in [0.1, 0.15) is 21.6 Å². The summed E-state index contributed by atoms with van der Waals surface area (Å²) in [6.45, 7) is 0.649. The van der Waals surface area contributed by atoms with Crippen LogP contribution in [0.3, 0.4) is 0 Å². The van der Waals surface area contributed by atoms with Crippen molar-refractivity contribution in [3.63, 3.8) is 0 Å². The molecule has 0 fully saturated rings. The van der Waals surface area contributed by atoms with Gasteiger partial charge in [-0.15, -0.1) is 0 Å². The largest absolute Gasteiger partial charge is 0.365 e. The van der Waals surface area contributed by atoms with E-state index in [0.717, 1.165) is 6.42 Å². The molecule has 0 aliphatic heterocycles. The van der Waals surface area contributed by atoms with Crippen molar-refractivity contribution in [3.8, 4) is 6.07 Å². The monoisotopic (exact) mass is 254 g/mol. The number of carbonyl (C=O) groups is 1. The molecule has 1 aromatic heterocycles. The Kier molecular flexibility index (Phi) is 3.94. The molecule has 0 saturated heterocycles. The number of carbonyl (C=O) groups excluding carboxylic acids is 1. The summed E-state index contributed by atoms with van der Waals surface area (Å²) in [5.74, 6) is -0.545. The van der Waals surface area contributed by atoms with E-state index < -0.39 is 5.91 Å². The molecule has 1 heterocycles. The molecule has 0 bridgehead atoms. The third kappa shape index (κ3) is 3.19. The van der Waals surface area contributed by atoms with Crippen LogP contribution >= 0.6 is 0 Å². The Morgan fingerprint density at radius 3 is 2.74 bits per heavy atom. The van der Waals surface area contributed by atoms with Crippen molar-refractivity contribution in [1.29, 1.82) is 5.26 Å². The van der Waals surface area contributed by atoms with Crippen molar-refractivity contribution in [2.45, 2.75) is 19.4 Å². The van der Waals surface area contributed by atoms with Crippen LogP contribution in [-0.2, 0) is 19.4 Å². The van der Waals surface area contributed by atoms with Gasteiger partial charge in [0.25, 0.3) is 5.91 Å². The summed E-state index contributed by atoms with van der Waals surface area (Å²) in [6.07, 6.45) is 2.52. The van der Waals surface area contributed by atoms with Crippen LogP contribution in [0.2, 0.25) is 0 Å². The zero-order valence-corrected chi connectivity index (χ0v) is 10.4. The number of hydrogen-bond donors (Lipinski definition) is 1. The second-order valence-corrected chi connectivity index (χ2v) is 4.19. The third-order valence-corrected chi connectivity index (χ3v) is 2.82. The van der Waals surface area contributed by atoms with E-state index in [0.29, 0.717) is 17.8 Å². The predicted molar refractivity (Wildman–Crippen MR) is 70.2 cm³/mol. The molecule has 96 valence electrons. The molecule has 1 amide bonds. The van der Waals surface area contributed by atoms with Gasteiger partial charge in [-0.25, -0.2) is 0 Å². The number of nitrogens with two attached hydrogens (primary N) is 1. The SMILES string of the molecule is N#CCc1nn(CCc2ccccc2)cc1C(N)=O. The Morgan fingerprint density at radius 1 is 1.37 bits per heavy atom. The maximum absolute atomic E-state index is 11.2. The highest BCUT2D eigenvalue weighted by molar-refractivity contribution is 5.93. The van der Waals surface area contributed by atoms with Gasteiger partial charge < -0.3 is 5.73 Å². The van der Waals surface area contributed by atoms with Crippen molar-refractivity contribution >= 4 is 5.91 Å². The smallest absolute Gasteiger partial charge is 0.252 e. The Labute approximate surface area is 111 Å². The molecule has 5 nitrogen and oxygen atoms in total. The van der Waals surface area contributed by atoms with E-state index in [1.807, 2.05) is 36.4 Å². The number of primary amides is 1. The maximum atomic E-state index is 11.2. The van der Waals surface area contributed by atoms with Gasteiger partial charge in [-0.1, -0.05) is 30.3 Å². The van der Waals surface area contributed by atoms with E-state index in [2.05, 4.69) is 5.10 Å². The first-order chi connectivity index (χ1) is 9.20. The van der Waals surface area contributed by atoms with Crippen LogP contribution in [0.15, 0.2) is 36.5 Å². The Hall–Kier alpha value is -2.61. The lowest BCUT2D eigenvalue weighted by atomic mass is 10.1. The molecule has 0 saturated carbocycles. The van der Waals surface area contributed by atoms with Crippen molar-refractivity contribution in [3.05, 3.63) is 53.3 Å². The normalized spacial score (nSPS) is 10.1. The van der Waals surface area contributed by atoms with Crippen molar-refractivity contribution in [2.75, 3.05) is 0 Å². The number of hydrogen-bond acceptors (Lipinski definition) is 3. The van der Waals surface area contributed by atoms with Gasteiger partial charge in [-0.2, -0.15) is 10.4 Å². The highest BCUT2D eigenvalue weighted by atomic mass is 16.1. The number of rotatable bonds is 5. The molecular formula is C14H14N4O. The molecule has 0 aliphatic carbocycles. The average Bonchev–Trinajstić information content (AvgIpc) is 2.81. The Morgan fingerprint density at radius 2 is 2.11 bits per heavy atom. The van der Waals surface area contributed by atoms with Crippen LogP contribution < -0.4 is 5.73 Å². The summed E-state index contributed by atoms with van der Waals surface area (Å²) in [5, 5.41) is 12.9. The minimum Gasteiger partial charge on any atom is -0.365 e. The highest BCUT2D eigenvalue weighted by Crippen LogP contribution is 2.08. The fraction of sp³-hybridized carbons (Fsp3) is 0.214. The number of benzene rings is 1. The first-order valence-electron chi connectivity index (χ1n) is 5.97. The second kappa shape index (κ2) is 5.83. The molecule has 0 radical (unpaired) electrons. The lowest BCUT2D eigenvalue weighted by molar-refractivity contribution is 0.0999. The minimum absolute atomic E-state index is 0.0939. The summed E-state index contributed by atoms with van der Waals surface area (Å²) >= 11 is 0. The van der Waals surface area contributed by atoms with E-state index in [9.17, 15) is 4.79 Å². The molecule has 5 heteroatoms. The summed E-state index contributed by atoms with van der Waals surface area (Å²) in [4.78, 5) is 11.2. The fourth-order valence-electron chi connectivity index (χ4n) is 1.88. The zero-order valence-electron chi connectivity index (χ0n) is 10.4. The standard InChI is InChI=1S/C14H14N4O/c15-8-6-13-12(14(16)19)10-18(17-13)9-7-11-4-2-1-3-5-11/h1-5,10H,6-7,9H2,(H2,16,19). The predicted octanol–water partition coefficient (Wildman–Crippen LogP) is 1.29. The average molecular weight is 254 g/mol. The van der Waals surface area contributed by atoms with E-state index in [-0.39, 0.29) is 6.42 Å². The Balaban J connectivity index is 2.11. The molecule has 0 atom stereocenters. The Bertz CT molecular complexity index is 610. The molecule has 0 unspecified atom stereocenters. The quantitative estimate of drug-likeness (QED) is 0.872. The number of amides is 1. The second-order valence-electron chi connectivity index (χ2n) is 4.19. The van der Waals surface area contributed by atoms with Crippen molar-refractivity contribution in [2.24, 2.45) is 5.73 Å².